The van der Waals surface area contributed by atoms with E-state index >= 15 is 0 Å². The third-order valence-corrected chi connectivity index (χ3v) is 4.48. The normalized spacial score (nSPS) is 18.2. The van der Waals surface area contributed by atoms with E-state index in [0.717, 1.165) is 38.7 Å². The van der Waals surface area contributed by atoms with Crippen molar-refractivity contribution in [2.75, 3.05) is 59.9 Å². The number of hydrogen-bond donors (Lipinski definition) is 2. The molecule has 2 rings (SSSR count). The summed E-state index contributed by atoms with van der Waals surface area (Å²) in [5.41, 5.74) is 0. The predicted octanol–water partition coefficient (Wildman–Crippen LogP) is 1.40. The zero-order valence-electron chi connectivity index (χ0n) is 16.2. The molecule has 6 nitrogen and oxygen atoms in total. The third-order valence-electron chi connectivity index (χ3n) is 4.48. The van der Waals surface area contributed by atoms with Crippen molar-refractivity contribution in [1.29, 1.82) is 0 Å². The second-order valence-electron chi connectivity index (χ2n) is 6.74. The van der Waals surface area contributed by atoms with Gasteiger partial charge in [-0.2, -0.15) is 0 Å². The molecule has 0 aromatic heterocycles. The molecule has 7 heteroatoms. The lowest BCUT2D eigenvalue weighted by molar-refractivity contribution is 0.214. The molecule has 1 aromatic rings. The van der Waals surface area contributed by atoms with Crippen LogP contribution in [0.3, 0.4) is 0 Å². The summed E-state index contributed by atoms with van der Waals surface area (Å²) in [6.45, 7) is 8.83. The zero-order valence-corrected chi connectivity index (χ0v) is 16.2. The molecule has 2 N–H and O–H groups in total. The fraction of sp³-hybridized carbons (Fsp3) is 0.632. The van der Waals surface area contributed by atoms with Crippen molar-refractivity contribution in [3.63, 3.8) is 0 Å². The van der Waals surface area contributed by atoms with Crippen molar-refractivity contribution < 1.29 is 9.13 Å². The van der Waals surface area contributed by atoms with Gasteiger partial charge in [0.15, 0.2) is 17.5 Å². The Morgan fingerprint density at radius 3 is 2.81 bits per heavy atom. The van der Waals surface area contributed by atoms with E-state index in [9.17, 15) is 4.39 Å². The van der Waals surface area contributed by atoms with Crippen molar-refractivity contribution in [3.05, 3.63) is 30.1 Å². The van der Waals surface area contributed by atoms with Gasteiger partial charge in [-0.05, 0) is 45.6 Å². The first kappa shape index (κ1) is 20.5. The summed E-state index contributed by atoms with van der Waals surface area (Å²) in [6, 6.07) is 6.45. The van der Waals surface area contributed by atoms with E-state index < -0.39 is 0 Å². The molecule has 0 bridgehead atoms. The number of halogens is 1. The highest BCUT2D eigenvalue weighted by molar-refractivity contribution is 5.79. The van der Waals surface area contributed by atoms with Gasteiger partial charge in [-0.3, -0.25) is 4.99 Å². The van der Waals surface area contributed by atoms with Gasteiger partial charge in [0.25, 0.3) is 0 Å². The number of aliphatic imine (C=N–C) groups is 1. The SMILES string of the molecule is CN=C(NCCN1CCCN(C)CC1)NCC(C)Oc1ccccc1F. The van der Waals surface area contributed by atoms with Crippen LogP contribution < -0.4 is 15.4 Å². The molecule has 1 atom stereocenters. The van der Waals surface area contributed by atoms with Crippen LogP contribution in [0.25, 0.3) is 0 Å². The minimum Gasteiger partial charge on any atom is -0.486 e. The van der Waals surface area contributed by atoms with E-state index in [1.165, 1.54) is 19.0 Å². The minimum absolute atomic E-state index is 0.174. The predicted molar refractivity (Wildman–Crippen MR) is 104 cm³/mol. The Hall–Kier alpha value is -1.86. The topological polar surface area (TPSA) is 52.1 Å². The number of para-hydroxylation sites is 1. The summed E-state index contributed by atoms with van der Waals surface area (Å²) in [7, 11) is 3.93. The van der Waals surface area contributed by atoms with Gasteiger partial charge in [-0.25, -0.2) is 4.39 Å². The van der Waals surface area contributed by atoms with Crippen LogP contribution in [0.4, 0.5) is 4.39 Å². The monoisotopic (exact) mass is 365 g/mol. The molecule has 26 heavy (non-hydrogen) atoms. The summed E-state index contributed by atoms with van der Waals surface area (Å²) in [5, 5.41) is 6.56. The standard InChI is InChI=1S/C19H32FN5O/c1-16(26-18-8-5-4-7-17(18)20)15-23-19(21-2)22-9-12-25-11-6-10-24(3)13-14-25/h4-5,7-8,16H,6,9-15H2,1-3H3,(H2,21,22,23). The van der Waals surface area contributed by atoms with E-state index in [1.54, 1.807) is 25.2 Å². The average molecular weight is 365 g/mol. The van der Waals surface area contributed by atoms with Crippen LogP contribution in [0.2, 0.25) is 0 Å². The molecule has 1 saturated heterocycles. The van der Waals surface area contributed by atoms with Crippen molar-refractivity contribution in [1.82, 2.24) is 20.4 Å². The maximum absolute atomic E-state index is 13.6. The maximum atomic E-state index is 13.6. The van der Waals surface area contributed by atoms with Gasteiger partial charge in [-0.1, -0.05) is 12.1 Å². The van der Waals surface area contributed by atoms with Gasteiger partial charge < -0.3 is 25.2 Å². The van der Waals surface area contributed by atoms with E-state index in [-0.39, 0.29) is 17.7 Å². The van der Waals surface area contributed by atoms with E-state index in [0.29, 0.717) is 6.54 Å². The summed E-state index contributed by atoms with van der Waals surface area (Å²) in [4.78, 5) is 9.10. The lowest BCUT2D eigenvalue weighted by Crippen LogP contribution is -2.44. The molecule has 1 heterocycles. The van der Waals surface area contributed by atoms with Gasteiger partial charge in [-0.15, -0.1) is 0 Å². The first-order valence-electron chi connectivity index (χ1n) is 9.35. The van der Waals surface area contributed by atoms with Crippen LogP contribution >= 0.6 is 0 Å². The van der Waals surface area contributed by atoms with E-state index in [2.05, 4.69) is 32.5 Å². The Balaban J connectivity index is 1.66. The number of ether oxygens (including phenoxy) is 1. The molecular formula is C19H32FN5O. The number of hydrogen-bond acceptors (Lipinski definition) is 4. The van der Waals surface area contributed by atoms with Crippen LogP contribution in [0.15, 0.2) is 29.3 Å². The fourth-order valence-corrected chi connectivity index (χ4v) is 2.92. The summed E-state index contributed by atoms with van der Waals surface area (Å²) in [5.74, 6) is 0.668. The first-order chi connectivity index (χ1) is 12.6. The van der Waals surface area contributed by atoms with Gasteiger partial charge in [0.2, 0.25) is 0 Å². The maximum Gasteiger partial charge on any atom is 0.191 e. The number of benzene rings is 1. The number of likely N-dealkylation sites (N-methyl/N-ethyl adjacent to an activating group) is 1. The van der Waals surface area contributed by atoms with Crippen LogP contribution in [0, 0.1) is 5.82 Å². The molecular weight excluding hydrogens is 333 g/mol. The van der Waals surface area contributed by atoms with Gasteiger partial charge in [0.1, 0.15) is 6.10 Å². The average Bonchev–Trinajstić information content (AvgIpc) is 2.84. The fourth-order valence-electron chi connectivity index (χ4n) is 2.92. The minimum atomic E-state index is -0.343. The largest absolute Gasteiger partial charge is 0.486 e. The highest BCUT2D eigenvalue weighted by Gasteiger charge is 2.12. The van der Waals surface area contributed by atoms with Gasteiger partial charge in [0.05, 0.1) is 6.54 Å². The third kappa shape index (κ3) is 7.17. The summed E-state index contributed by atoms with van der Waals surface area (Å²) in [6.07, 6.45) is 1.04. The van der Waals surface area contributed by atoms with Gasteiger partial charge in [0, 0.05) is 33.2 Å². The molecule has 1 aliphatic rings. The van der Waals surface area contributed by atoms with E-state index in [1.807, 2.05) is 6.92 Å². The Kier molecular flexibility index (Phi) is 8.64. The van der Waals surface area contributed by atoms with Crippen LogP contribution in [0.5, 0.6) is 5.75 Å². The van der Waals surface area contributed by atoms with Crippen molar-refractivity contribution in [3.8, 4) is 5.75 Å². The highest BCUT2D eigenvalue weighted by atomic mass is 19.1. The van der Waals surface area contributed by atoms with Crippen molar-refractivity contribution in [2.45, 2.75) is 19.4 Å². The lowest BCUT2D eigenvalue weighted by atomic mass is 10.3. The quantitative estimate of drug-likeness (QED) is 0.565. The molecule has 146 valence electrons. The lowest BCUT2D eigenvalue weighted by Gasteiger charge is -2.21. The Morgan fingerprint density at radius 2 is 2.04 bits per heavy atom. The van der Waals surface area contributed by atoms with E-state index in [4.69, 9.17) is 4.74 Å². The Bertz CT molecular complexity index is 569. The highest BCUT2D eigenvalue weighted by Crippen LogP contribution is 2.16. The second kappa shape index (κ2) is 11.0. The molecule has 0 amide bonds. The summed E-state index contributed by atoms with van der Waals surface area (Å²) >= 11 is 0. The summed E-state index contributed by atoms with van der Waals surface area (Å²) < 4.78 is 19.3. The molecule has 1 fully saturated rings. The molecule has 0 aliphatic carbocycles. The van der Waals surface area contributed by atoms with Crippen LogP contribution in [0.1, 0.15) is 13.3 Å². The molecule has 1 aromatic carbocycles. The molecule has 1 unspecified atom stereocenters. The Labute approximate surface area is 156 Å². The van der Waals surface area contributed by atoms with Crippen molar-refractivity contribution >= 4 is 5.96 Å². The molecule has 1 aliphatic heterocycles. The second-order valence-corrected chi connectivity index (χ2v) is 6.74. The van der Waals surface area contributed by atoms with Crippen LogP contribution in [-0.4, -0.2) is 81.8 Å². The number of guanidine groups is 1. The number of nitrogens with one attached hydrogen (secondary N) is 2. The smallest absolute Gasteiger partial charge is 0.191 e. The zero-order chi connectivity index (χ0) is 18.8. The number of rotatable bonds is 7. The van der Waals surface area contributed by atoms with Crippen LogP contribution in [-0.2, 0) is 0 Å². The van der Waals surface area contributed by atoms with Crippen molar-refractivity contribution in [2.24, 2.45) is 4.99 Å². The first-order valence-corrected chi connectivity index (χ1v) is 9.35. The molecule has 0 spiro atoms. The molecule has 0 saturated carbocycles. The van der Waals surface area contributed by atoms with Gasteiger partial charge >= 0.3 is 0 Å². The molecule has 0 radical (unpaired) electrons. The number of nitrogens with zero attached hydrogens (tertiary/aromatic N) is 3. The Morgan fingerprint density at radius 1 is 1.23 bits per heavy atom.